The molecule has 3 rings (SSSR count). The smallest absolute Gasteiger partial charge is 0.490 e. The number of aromatic nitrogens is 2. The van der Waals surface area contributed by atoms with Crippen LogP contribution < -0.4 is 10.1 Å². The van der Waals surface area contributed by atoms with E-state index in [4.69, 9.17) is 14.6 Å². The standard InChI is InChI=1S/C20H21N3O2.C2HF3O2/c1-25-18-9-5-8-17(12-18)13-20(24)22-14-19-21-10-11-23(19)15-16-6-3-2-4-7-16;3-2(4,5)1(6)7/h2-12H,13-15H2,1H3,(H,22,24);(H,6,7). The van der Waals surface area contributed by atoms with Crippen LogP contribution in [0.4, 0.5) is 13.2 Å². The highest BCUT2D eigenvalue weighted by atomic mass is 19.4. The largest absolute Gasteiger partial charge is 0.497 e. The Morgan fingerprint density at radius 1 is 1.09 bits per heavy atom. The zero-order valence-corrected chi connectivity index (χ0v) is 17.2. The molecule has 0 aliphatic heterocycles. The third-order valence-corrected chi connectivity index (χ3v) is 4.18. The lowest BCUT2D eigenvalue weighted by molar-refractivity contribution is -0.192. The van der Waals surface area contributed by atoms with E-state index in [1.54, 1.807) is 13.3 Å². The van der Waals surface area contributed by atoms with Gasteiger partial charge in [-0.15, -0.1) is 0 Å². The van der Waals surface area contributed by atoms with E-state index in [1.165, 1.54) is 5.56 Å². The molecular weight excluding hydrogens is 427 g/mol. The first kappa shape index (κ1) is 24.4. The summed E-state index contributed by atoms with van der Waals surface area (Å²) in [7, 11) is 1.62. The number of rotatable bonds is 7. The topological polar surface area (TPSA) is 93.5 Å². The van der Waals surface area contributed by atoms with Crippen molar-refractivity contribution < 1.29 is 32.6 Å². The third kappa shape index (κ3) is 8.13. The monoisotopic (exact) mass is 449 g/mol. The predicted molar refractivity (Wildman–Crippen MR) is 110 cm³/mol. The Kier molecular flexibility index (Phi) is 8.82. The van der Waals surface area contributed by atoms with Gasteiger partial charge in [0.25, 0.3) is 0 Å². The fourth-order valence-electron chi connectivity index (χ4n) is 2.64. The van der Waals surface area contributed by atoms with E-state index >= 15 is 0 Å². The van der Waals surface area contributed by atoms with Gasteiger partial charge in [0, 0.05) is 18.9 Å². The van der Waals surface area contributed by atoms with Crippen LogP contribution in [0.2, 0.25) is 0 Å². The second kappa shape index (κ2) is 11.5. The molecule has 0 radical (unpaired) electrons. The normalized spacial score (nSPS) is 10.6. The average molecular weight is 449 g/mol. The third-order valence-electron chi connectivity index (χ3n) is 4.18. The number of nitrogens with zero attached hydrogens (tertiary/aromatic N) is 2. The molecule has 2 N–H and O–H groups in total. The molecule has 0 unspecified atom stereocenters. The Balaban J connectivity index is 0.000000451. The molecule has 0 aliphatic carbocycles. The number of hydrogen-bond donors (Lipinski definition) is 2. The molecule has 0 atom stereocenters. The fourth-order valence-corrected chi connectivity index (χ4v) is 2.64. The van der Waals surface area contributed by atoms with Crippen molar-refractivity contribution in [1.82, 2.24) is 14.9 Å². The van der Waals surface area contributed by atoms with Gasteiger partial charge < -0.3 is 19.7 Å². The lowest BCUT2D eigenvalue weighted by Gasteiger charge is -2.10. The number of methoxy groups -OCH3 is 1. The highest BCUT2D eigenvalue weighted by molar-refractivity contribution is 5.78. The Hall–Kier alpha value is -3.82. The zero-order chi connectivity index (χ0) is 23.6. The molecule has 1 heterocycles. The van der Waals surface area contributed by atoms with Crippen LogP contribution in [0.1, 0.15) is 17.0 Å². The number of nitrogens with one attached hydrogen (secondary N) is 1. The van der Waals surface area contributed by atoms with E-state index in [0.29, 0.717) is 13.0 Å². The summed E-state index contributed by atoms with van der Waals surface area (Å²) in [6.07, 6.45) is -1.08. The molecule has 32 heavy (non-hydrogen) atoms. The molecule has 10 heteroatoms. The first-order valence-corrected chi connectivity index (χ1v) is 9.42. The Labute approximate surface area is 182 Å². The van der Waals surface area contributed by atoms with E-state index in [9.17, 15) is 18.0 Å². The number of alkyl halides is 3. The SMILES string of the molecule is COc1cccc(CC(=O)NCc2nccn2Cc2ccccc2)c1.O=C(O)C(F)(F)F. The van der Waals surface area contributed by atoms with Gasteiger partial charge in [-0.05, 0) is 23.3 Å². The van der Waals surface area contributed by atoms with E-state index in [0.717, 1.165) is 23.7 Å². The van der Waals surface area contributed by atoms with Gasteiger partial charge in [-0.3, -0.25) is 4.79 Å². The van der Waals surface area contributed by atoms with Crippen molar-refractivity contribution in [2.45, 2.75) is 25.7 Å². The van der Waals surface area contributed by atoms with Crippen LogP contribution >= 0.6 is 0 Å². The van der Waals surface area contributed by atoms with Gasteiger partial charge >= 0.3 is 12.1 Å². The Bertz CT molecular complexity index is 1020. The molecule has 170 valence electrons. The van der Waals surface area contributed by atoms with Crippen LogP contribution in [-0.4, -0.2) is 39.8 Å². The van der Waals surface area contributed by atoms with Crippen molar-refractivity contribution in [3.05, 3.63) is 83.9 Å². The maximum Gasteiger partial charge on any atom is 0.490 e. The number of imidazole rings is 1. The molecule has 0 saturated carbocycles. The fraction of sp³-hybridized carbons (Fsp3) is 0.227. The van der Waals surface area contributed by atoms with Crippen LogP contribution in [0.3, 0.4) is 0 Å². The van der Waals surface area contributed by atoms with Crippen LogP contribution in [0, 0.1) is 0 Å². The van der Waals surface area contributed by atoms with Gasteiger partial charge in [0.1, 0.15) is 11.6 Å². The van der Waals surface area contributed by atoms with E-state index in [-0.39, 0.29) is 5.91 Å². The summed E-state index contributed by atoms with van der Waals surface area (Å²) in [4.78, 5) is 25.4. The number of ether oxygens (including phenoxy) is 1. The van der Waals surface area contributed by atoms with E-state index in [2.05, 4.69) is 22.4 Å². The van der Waals surface area contributed by atoms with Crippen molar-refractivity contribution >= 4 is 11.9 Å². The first-order valence-electron chi connectivity index (χ1n) is 9.42. The van der Waals surface area contributed by atoms with Crippen molar-refractivity contribution in [2.24, 2.45) is 0 Å². The number of amides is 1. The average Bonchev–Trinajstić information content (AvgIpc) is 3.20. The van der Waals surface area contributed by atoms with Gasteiger partial charge in [0.2, 0.25) is 5.91 Å². The lowest BCUT2D eigenvalue weighted by Crippen LogP contribution is -2.26. The quantitative estimate of drug-likeness (QED) is 0.577. The molecule has 7 nitrogen and oxygen atoms in total. The van der Waals surface area contributed by atoms with Crippen molar-refractivity contribution in [3.8, 4) is 5.75 Å². The summed E-state index contributed by atoms with van der Waals surface area (Å²) < 4.78 is 39.0. The molecule has 0 fully saturated rings. The molecule has 0 saturated heterocycles. The highest BCUT2D eigenvalue weighted by Gasteiger charge is 2.38. The lowest BCUT2D eigenvalue weighted by atomic mass is 10.1. The van der Waals surface area contributed by atoms with Crippen molar-refractivity contribution in [2.75, 3.05) is 7.11 Å². The minimum Gasteiger partial charge on any atom is -0.497 e. The maximum atomic E-state index is 12.2. The summed E-state index contributed by atoms with van der Waals surface area (Å²) in [6, 6.07) is 17.7. The van der Waals surface area contributed by atoms with Crippen LogP contribution in [0.25, 0.3) is 0 Å². The predicted octanol–water partition coefficient (Wildman–Crippen LogP) is 3.43. The van der Waals surface area contributed by atoms with Gasteiger partial charge in [0.05, 0.1) is 20.1 Å². The molecule has 1 amide bonds. The van der Waals surface area contributed by atoms with Gasteiger partial charge in [-0.25, -0.2) is 9.78 Å². The zero-order valence-electron chi connectivity index (χ0n) is 17.2. The summed E-state index contributed by atoms with van der Waals surface area (Å²) in [5.41, 5.74) is 2.12. The van der Waals surface area contributed by atoms with Crippen LogP contribution in [0.5, 0.6) is 5.75 Å². The second-order valence-electron chi connectivity index (χ2n) is 6.56. The van der Waals surface area contributed by atoms with Gasteiger partial charge in [-0.2, -0.15) is 13.2 Å². The molecule has 3 aromatic rings. The summed E-state index contributed by atoms with van der Waals surface area (Å²) >= 11 is 0. The molecule has 0 aliphatic rings. The van der Waals surface area contributed by atoms with Gasteiger partial charge in [0.15, 0.2) is 0 Å². The number of halogens is 3. The molecular formula is C22H22F3N3O4. The molecule has 1 aromatic heterocycles. The number of carbonyl (C=O) groups excluding carboxylic acids is 1. The van der Waals surface area contributed by atoms with E-state index in [1.807, 2.05) is 53.2 Å². The number of aliphatic carboxylic acids is 1. The maximum absolute atomic E-state index is 12.2. The van der Waals surface area contributed by atoms with Crippen LogP contribution in [-0.2, 0) is 29.1 Å². The Morgan fingerprint density at radius 3 is 2.38 bits per heavy atom. The van der Waals surface area contributed by atoms with Crippen molar-refractivity contribution in [1.29, 1.82) is 0 Å². The van der Waals surface area contributed by atoms with E-state index < -0.39 is 12.1 Å². The number of hydrogen-bond acceptors (Lipinski definition) is 4. The van der Waals surface area contributed by atoms with Crippen LogP contribution in [0.15, 0.2) is 67.0 Å². The highest BCUT2D eigenvalue weighted by Crippen LogP contribution is 2.14. The number of carboxylic acids is 1. The van der Waals surface area contributed by atoms with Gasteiger partial charge in [-0.1, -0.05) is 42.5 Å². The molecule has 0 spiro atoms. The number of benzene rings is 2. The number of carbonyl (C=O) groups is 2. The minimum absolute atomic E-state index is 0.0393. The summed E-state index contributed by atoms with van der Waals surface area (Å²) in [5.74, 6) is -1.21. The van der Waals surface area contributed by atoms with Crippen molar-refractivity contribution in [3.63, 3.8) is 0 Å². The molecule has 2 aromatic carbocycles. The second-order valence-corrected chi connectivity index (χ2v) is 6.56. The Morgan fingerprint density at radius 2 is 1.75 bits per heavy atom. The molecule has 0 bridgehead atoms. The minimum atomic E-state index is -5.08. The summed E-state index contributed by atoms with van der Waals surface area (Å²) in [5, 5.41) is 10.1. The number of carboxylic acid groups (broad SMARTS) is 1. The first-order chi connectivity index (χ1) is 15.2. The summed E-state index contributed by atoms with van der Waals surface area (Å²) in [6.45, 7) is 1.14.